The maximum Gasteiger partial charge on any atom is 0.435 e. The van der Waals surface area contributed by atoms with Crippen LogP contribution in [-0.4, -0.2) is 46.4 Å². The number of rotatable bonds is 7. The Labute approximate surface area is 227 Å². The smallest absolute Gasteiger partial charge is 0.435 e. The number of alkyl halides is 3. The fraction of sp³-hybridized carbons (Fsp3) is 0.357. The zero-order valence-corrected chi connectivity index (χ0v) is 21.9. The molecule has 2 saturated carbocycles. The van der Waals surface area contributed by atoms with Gasteiger partial charge in [-0.15, -0.1) is 0 Å². The SMILES string of the molecule is COc1ncnc(C2CC2)c1-c1ncc2nc(C3CC3)n(Cc3ccc(-n4nc(C(F)(F)F)cc4C)cc3)c2n1. The van der Waals surface area contributed by atoms with Crippen molar-refractivity contribution in [3.63, 3.8) is 0 Å². The average molecular weight is 547 g/mol. The summed E-state index contributed by atoms with van der Waals surface area (Å²) in [5, 5.41) is 3.76. The first kappa shape index (κ1) is 24.7. The summed E-state index contributed by atoms with van der Waals surface area (Å²) >= 11 is 0. The summed E-state index contributed by atoms with van der Waals surface area (Å²) in [6.07, 6.45) is 3.01. The number of aromatic nitrogens is 8. The Balaban J connectivity index is 1.26. The van der Waals surface area contributed by atoms with Crippen LogP contribution in [0.25, 0.3) is 28.2 Å². The molecule has 0 amide bonds. The van der Waals surface area contributed by atoms with E-state index in [1.807, 2.05) is 12.1 Å². The van der Waals surface area contributed by atoms with E-state index in [4.69, 9.17) is 14.7 Å². The molecular formula is C28H25F3N8O. The van der Waals surface area contributed by atoms with Crippen molar-refractivity contribution < 1.29 is 17.9 Å². The summed E-state index contributed by atoms with van der Waals surface area (Å²) in [6, 6.07) is 8.40. The molecule has 0 radical (unpaired) electrons. The number of hydrogen-bond acceptors (Lipinski definition) is 7. The van der Waals surface area contributed by atoms with Crippen LogP contribution in [0.4, 0.5) is 13.2 Å². The van der Waals surface area contributed by atoms with Crippen molar-refractivity contribution in [2.75, 3.05) is 7.11 Å². The lowest BCUT2D eigenvalue weighted by molar-refractivity contribution is -0.141. The van der Waals surface area contributed by atoms with Crippen LogP contribution in [-0.2, 0) is 12.7 Å². The molecule has 0 N–H and O–H groups in total. The number of methoxy groups -OCH3 is 1. The van der Waals surface area contributed by atoms with Gasteiger partial charge in [0.2, 0.25) is 5.88 Å². The van der Waals surface area contributed by atoms with Crippen LogP contribution in [0.1, 0.15) is 66.0 Å². The second-order valence-electron chi connectivity index (χ2n) is 10.4. The summed E-state index contributed by atoms with van der Waals surface area (Å²) in [4.78, 5) is 23.3. The zero-order valence-electron chi connectivity index (χ0n) is 21.9. The van der Waals surface area contributed by atoms with Crippen molar-refractivity contribution in [3.05, 3.63) is 71.3 Å². The lowest BCUT2D eigenvalue weighted by Gasteiger charge is -2.12. The molecule has 7 rings (SSSR count). The minimum absolute atomic E-state index is 0.349. The highest BCUT2D eigenvalue weighted by atomic mass is 19.4. The first-order valence-electron chi connectivity index (χ1n) is 13.2. The van der Waals surface area contributed by atoms with Gasteiger partial charge in [-0.1, -0.05) is 12.1 Å². The molecule has 2 aliphatic carbocycles. The number of imidazole rings is 1. The van der Waals surface area contributed by atoms with Crippen LogP contribution in [0.2, 0.25) is 0 Å². The first-order chi connectivity index (χ1) is 19.3. The molecule has 204 valence electrons. The van der Waals surface area contributed by atoms with E-state index in [9.17, 15) is 13.2 Å². The summed E-state index contributed by atoms with van der Waals surface area (Å²) in [7, 11) is 1.58. The maximum atomic E-state index is 13.1. The van der Waals surface area contributed by atoms with Crippen LogP contribution in [0.3, 0.4) is 0 Å². The fourth-order valence-corrected chi connectivity index (χ4v) is 5.08. The van der Waals surface area contributed by atoms with Gasteiger partial charge < -0.3 is 9.30 Å². The van der Waals surface area contributed by atoms with Gasteiger partial charge in [0, 0.05) is 17.5 Å². The molecule has 0 unspecified atom stereocenters. The standard InChI is InChI=1S/C28H25F3N8O/c1-15-11-21(28(29,30)31)37-39(15)19-9-3-16(4-10-19)13-38-25(18-7-8-18)35-20-12-32-24(36-26(20)38)22-23(17-5-6-17)33-14-34-27(22)40-2/h3-4,9-12,14,17-18H,5-8,13H2,1-2H3. The number of halogens is 3. The lowest BCUT2D eigenvalue weighted by Crippen LogP contribution is -2.08. The number of hydrogen-bond donors (Lipinski definition) is 0. The molecular weight excluding hydrogens is 521 g/mol. The van der Waals surface area contributed by atoms with E-state index >= 15 is 0 Å². The molecule has 2 aliphatic rings. The van der Waals surface area contributed by atoms with Gasteiger partial charge in [-0.25, -0.2) is 29.6 Å². The molecule has 0 atom stereocenters. The van der Waals surface area contributed by atoms with Gasteiger partial charge in [0.1, 0.15) is 23.2 Å². The molecule has 4 heterocycles. The van der Waals surface area contributed by atoms with E-state index in [1.54, 1.807) is 32.4 Å². The maximum absolute atomic E-state index is 13.1. The highest BCUT2D eigenvalue weighted by molar-refractivity contribution is 5.76. The van der Waals surface area contributed by atoms with Crippen LogP contribution in [0, 0.1) is 6.92 Å². The molecule has 0 saturated heterocycles. The lowest BCUT2D eigenvalue weighted by atomic mass is 10.1. The highest BCUT2D eigenvalue weighted by Crippen LogP contribution is 2.45. The molecule has 2 fully saturated rings. The Morgan fingerprint density at radius 1 is 0.975 bits per heavy atom. The zero-order chi connectivity index (χ0) is 27.6. The van der Waals surface area contributed by atoms with Crippen LogP contribution in [0.5, 0.6) is 5.88 Å². The second-order valence-corrected chi connectivity index (χ2v) is 10.4. The third-order valence-electron chi connectivity index (χ3n) is 7.38. The van der Waals surface area contributed by atoms with Gasteiger partial charge in [0.05, 0.1) is 31.2 Å². The van der Waals surface area contributed by atoms with Crippen molar-refractivity contribution in [2.45, 2.75) is 57.2 Å². The number of benzene rings is 1. The van der Waals surface area contributed by atoms with Crippen molar-refractivity contribution in [2.24, 2.45) is 0 Å². The number of aryl methyl sites for hydroxylation is 1. The minimum Gasteiger partial charge on any atom is -0.480 e. The van der Waals surface area contributed by atoms with Crippen molar-refractivity contribution in [3.8, 4) is 23.0 Å². The molecule has 0 spiro atoms. The molecule has 0 bridgehead atoms. The Morgan fingerprint density at radius 3 is 2.38 bits per heavy atom. The summed E-state index contributed by atoms with van der Waals surface area (Å²) in [5.41, 5.74) is 4.05. The van der Waals surface area contributed by atoms with Crippen molar-refractivity contribution in [1.29, 1.82) is 0 Å². The number of fused-ring (bicyclic) bond motifs is 1. The van der Waals surface area contributed by atoms with Crippen molar-refractivity contribution >= 4 is 11.2 Å². The topological polar surface area (TPSA) is 96.4 Å². The molecule has 1 aromatic carbocycles. The number of nitrogens with zero attached hydrogens (tertiary/aromatic N) is 8. The van der Waals surface area contributed by atoms with E-state index in [1.165, 1.54) is 11.0 Å². The van der Waals surface area contributed by atoms with Crippen LogP contribution < -0.4 is 4.74 Å². The predicted octanol–water partition coefficient (Wildman–Crippen LogP) is 5.61. The van der Waals surface area contributed by atoms with Crippen LogP contribution in [0.15, 0.2) is 42.9 Å². The Kier molecular flexibility index (Phi) is 5.62. The first-order valence-corrected chi connectivity index (χ1v) is 13.2. The minimum atomic E-state index is -4.49. The molecule has 12 heteroatoms. The van der Waals surface area contributed by atoms with E-state index in [-0.39, 0.29) is 0 Å². The largest absolute Gasteiger partial charge is 0.480 e. The van der Waals surface area contributed by atoms with Gasteiger partial charge in [0.15, 0.2) is 17.2 Å². The monoisotopic (exact) mass is 546 g/mol. The van der Waals surface area contributed by atoms with Gasteiger partial charge in [-0.3, -0.25) is 0 Å². The van der Waals surface area contributed by atoms with E-state index < -0.39 is 11.9 Å². The number of ether oxygens (including phenoxy) is 1. The van der Waals surface area contributed by atoms with Crippen molar-refractivity contribution in [1.82, 2.24) is 39.3 Å². The molecule has 5 aromatic rings. The van der Waals surface area contributed by atoms with Gasteiger partial charge in [0.25, 0.3) is 0 Å². The molecule has 40 heavy (non-hydrogen) atoms. The Morgan fingerprint density at radius 2 is 1.73 bits per heavy atom. The molecule has 0 aliphatic heterocycles. The van der Waals surface area contributed by atoms with E-state index in [2.05, 4.69) is 24.6 Å². The van der Waals surface area contributed by atoms with Gasteiger partial charge in [-0.2, -0.15) is 18.3 Å². The van der Waals surface area contributed by atoms with Gasteiger partial charge in [-0.05, 0) is 56.4 Å². The van der Waals surface area contributed by atoms with Crippen LogP contribution >= 0.6 is 0 Å². The fourth-order valence-electron chi connectivity index (χ4n) is 5.08. The predicted molar refractivity (Wildman–Crippen MR) is 139 cm³/mol. The third kappa shape index (κ3) is 4.37. The molecule has 4 aromatic heterocycles. The molecule has 9 nitrogen and oxygen atoms in total. The van der Waals surface area contributed by atoms with Gasteiger partial charge >= 0.3 is 6.18 Å². The Bertz CT molecular complexity index is 1730. The normalized spacial score (nSPS) is 15.6. The summed E-state index contributed by atoms with van der Waals surface area (Å²) in [5.74, 6) is 2.62. The second kappa shape index (κ2) is 9.10. The highest BCUT2D eigenvalue weighted by Gasteiger charge is 2.35. The third-order valence-corrected chi connectivity index (χ3v) is 7.38. The quantitative estimate of drug-likeness (QED) is 0.262. The van der Waals surface area contributed by atoms with E-state index in [0.717, 1.165) is 48.8 Å². The van der Waals surface area contributed by atoms with E-state index in [0.29, 0.717) is 58.2 Å². The average Bonchev–Trinajstić information content (AvgIpc) is 3.88. The Hall–Kier alpha value is -4.35. The summed E-state index contributed by atoms with van der Waals surface area (Å²) in [6.45, 7) is 2.11. The summed E-state index contributed by atoms with van der Waals surface area (Å²) < 4.78 is 48.4.